The summed E-state index contributed by atoms with van der Waals surface area (Å²) in [5.41, 5.74) is -1.98. The van der Waals surface area contributed by atoms with E-state index in [1.807, 2.05) is 0 Å². The van der Waals surface area contributed by atoms with E-state index in [4.69, 9.17) is 27.6 Å². The van der Waals surface area contributed by atoms with Gasteiger partial charge in [-0.1, -0.05) is 29.3 Å². The summed E-state index contributed by atoms with van der Waals surface area (Å²) in [6.45, 7) is 3.89. The molecule has 0 aliphatic carbocycles. The van der Waals surface area contributed by atoms with Gasteiger partial charge in [0.05, 0.1) is 21.5 Å². The SMILES string of the molecule is C[C@H](NS(=O)(=O)c1ccc(-c2sc(-c3nnc(C(C)(C)O)o3)nc2C(=O)N2CC(F)(F)C[C@@H]2C)c(Cl)c1Cl)C(F)(F)F. The number of carbonyl (C=O) groups excluding carboxylic acids is 1. The van der Waals surface area contributed by atoms with Gasteiger partial charge in [-0.05, 0) is 33.8 Å². The molecular weight excluding hydrogens is 656 g/mol. The van der Waals surface area contributed by atoms with Crippen LogP contribution in [0.15, 0.2) is 21.4 Å². The van der Waals surface area contributed by atoms with Crippen molar-refractivity contribution in [1.82, 2.24) is 24.8 Å². The van der Waals surface area contributed by atoms with Crippen molar-refractivity contribution in [3.8, 4) is 21.3 Å². The predicted molar refractivity (Wildman–Crippen MR) is 142 cm³/mol. The number of carbonyl (C=O) groups is 1. The highest BCUT2D eigenvalue weighted by Gasteiger charge is 2.46. The first kappa shape index (κ1) is 32.5. The lowest BCUT2D eigenvalue weighted by Gasteiger charge is -2.20. The van der Waals surface area contributed by atoms with E-state index >= 15 is 0 Å². The molecule has 1 fully saturated rings. The van der Waals surface area contributed by atoms with Gasteiger partial charge >= 0.3 is 6.18 Å². The predicted octanol–water partition coefficient (Wildman–Crippen LogP) is 5.49. The molecule has 2 aromatic heterocycles. The average Bonchev–Trinajstić information content (AvgIpc) is 3.55. The normalized spacial score (nSPS) is 18.5. The summed E-state index contributed by atoms with van der Waals surface area (Å²) in [6.07, 6.45) is -5.48. The Morgan fingerprint density at radius 3 is 2.40 bits per heavy atom. The minimum absolute atomic E-state index is 0.0482. The topological polar surface area (TPSA) is 139 Å². The van der Waals surface area contributed by atoms with Crippen molar-refractivity contribution in [2.45, 2.75) is 68.8 Å². The molecule has 1 amide bonds. The van der Waals surface area contributed by atoms with E-state index in [0.717, 1.165) is 28.4 Å². The molecule has 1 saturated heterocycles. The number of alkyl halides is 5. The summed E-state index contributed by atoms with van der Waals surface area (Å²) >= 11 is 13.4. The molecule has 1 aromatic carbocycles. The summed E-state index contributed by atoms with van der Waals surface area (Å²) < 4.78 is 99.5. The zero-order chi connectivity index (χ0) is 31.6. The molecule has 0 saturated carbocycles. The quantitative estimate of drug-likeness (QED) is 0.313. The molecule has 3 aromatic rings. The lowest BCUT2D eigenvalue weighted by Crippen LogP contribution is -2.43. The van der Waals surface area contributed by atoms with Gasteiger partial charge in [-0.2, -0.15) is 17.9 Å². The number of hydrogen-bond acceptors (Lipinski definition) is 9. The third-order valence-corrected chi connectivity index (χ3v) is 9.81. The second-order valence-electron chi connectivity index (χ2n) is 10.1. The highest BCUT2D eigenvalue weighted by atomic mass is 35.5. The monoisotopic (exact) mass is 677 g/mol. The molecular formula is C23H22Cl2F5N5O5S2. The number of thiazole rings is 1. The van der Waals surface area contributed by atoms with Gasteiger partial charge in [0.1, 0.15) is 22.2 Å². The number of amides is 1. The zero-order valence-corrected chi connectivity index (χ0v) is 25.2. The maximum absolute atomic E-state index is 14.1. The molecule has 1 aliphatic rings. The molecule has 10 nitrogen and oxygen atoms in total. The molecule has 3 heterocycles. The molecule has 0 radical (unpaired) electrons. The summed E-state index contributed by atoms with van der Waals surface area (Å²) in [6, 6.07) is -1.35. The highest BCUT2D eigenvalue weighted by Crippen LogP contribution is 2.44. The Hall–Kier alpha value is -2.44. The van der Waals surface area contributed by atoms with E-state index in [1.54, 1.807) is 0 Å². The van der Waals surface area contributed by atoms with Crippen LogP contribution in [0.4, 0.5) is 22.0 Å². The second kappa shape index (κ2) is 10.9. The van der Waals surface area contributed by atoms with Crippen LogP contribution in [0.2, 0.25) is 10.0 Å². The first-order valence-electron chi connectivity index (χ1n) is 12.0. The summed E-state index contributed by atoms with van der Waals surface area (Å²) in [4.78, 5) is 17.9. The van der Waals surface area contributed by atoms with Gasteiger partial charge in [-0.3, -0.25) is 4.79 Å². The minimum atomic E-state index is -4.89. The van der Waals surface area contributed by atoms with Crippen molar-refractivity contribution in [3.05, 3.63) is 33.8 Å². The van der Waals surface area contributed by atoms with Gasteiger partial charge in [-0.25, -0.2) is 22.2 Å². The van der Waals surface area contributed by atoms with Crippen LogP contribution >= 0.6 is 34.5 Å². The maximum Gasteiger partial charge on any atom is 0.404 e. The number of sulfonamides is 1. The number of benzene rings is 1. The number of aliphatic hydroxyl groups is 1. The Kier molecular flexibility index (Phi) is 8.45. The van der Waals surface area contributed by atoms with Gasteiger partial charge in [0.25, 0.3) is 17.7 Å². The van der Waals surface area contributed by atoms with Gasteiger partial charge in [-0.15, -0.1) is 21.5 Å². The first-order chi connectivity index (χ1) is 19.1. The fraction of sp³-hybridized carbons (Fsp3) is 0.478. The van der Waals surface area contributed by atoms with Gasteiger partial charge in [0.15, 0.2) is 5.01 Å². The molecule has 19 heteroatoms. The summed E-state index contributed by atoms with van der Waals surface area (Å²) in [7, 11) is -4.82. The summed E-state index contributed by atoms with van der Waals surface area (Å²) in [5, 5.41) is 16.5. The van der Waals surface area contributed by atoms with E-state index in [9.17, 15) is 40.3 Å². The van der Waals surface area contributed by atoms with Crippen molar-refractivity contribution in [2.24, 2.45) is 0 Å². The van der Waals surface area contributed by atoms with Crippen LogP contribution in [-0.4, -0.2) is 70.2 Å². The molecule has 230 valence electrons. The first-order valence-corrected chi connectivity index (χ1v) is 15.0. The van der Waals surface area contributed by atoms with E-state index in [2.05, 4.69) is 15.2 Å². The largest absolute Gasteiger partial charge is 0.415 e. The van der Waals surface area contributed by atoms with E-state index in [1.165, 1.54) is 25.5 Å². The Morgan fingerprint density at radius 2 is 1.88 bits per heavy atom. The molecule has 0 bridgehead atoms. The number of nitrogens with zero attached hydrogens (tertiary/aromatic N) is 4. The third-order valence-electron chi connectivity index (χ3n) is 6.15. The number of aromatic nitrogens is 3. The number of hydrogen-bond donors (Lipinski definition) is 2. The summed E-state index contributed by atoms with van der Waals surface area (Å²) in [5.74, 6) is -4.49. The molecule has 1 aliphatic heterocycles. The highest BCUT2D eigenvalue weighted by molar-refractivity contribution is 7.89. The Balaban J connectivity index is 1.84. The van der Waals surface area contributed by atoms with Crippen molar-refractivity contribution < 1.29 is 44.7 Å². The molecule has 0 unspecified atom stereocenters. The van der Waals surface area contributed by atoms with Crippen LogP contribution in [0.3, 0.4) is 0 Å². The molecule has 42 heavy (non-hydrogen) atoms. The number of likely N-dealkylation sites (tertiary alicyclic amines) is 1. The average molecular weight is 678 g/mol. The molecule has 2 N–H and O–H groups in total. The van der Waals surface area contributed by atoms with E-state index < -0.39 is 73.6 Å². The number of rotatable bonds is 7. The molecule has 4 rings (SSSR count). The van der Waals surface area contributed by atoms with Crippen LogP contribution in [0.1, 0.15) is 50.5 Å². The standard InChI is InChI=1S/C23H22Cl2F5N5O5S2/c1-9-7-22(26,27)8-35(9)19(36)15-16(41-18(31-15)17-32-33-20(40-17)21(3,4)37)11-5-6-12(14(25)13(11)24)42(38,39)34-10(2)23(28,29)30/h5-6,9-10,34,37H,7-8H2,1-4H3/t9-,10-/m0/s1. The third kappa shape index (κ3) is 6.40. The van der Waals surface area contributed by atoms with Crippen LogP contribution in [-0.2, 0) is 15.6 Å². The van der Waals surface area contributed by atoms with Crippen molar-refractivity contribution in [2.75, 3.05) is 6.54 Å². The zero-order valence-electron chi connectivity index (χ0n) is 22.1. The van der Waals surface area contributed by atoms with E-state index in [-0.39, 0.29) is 32.9 Å². The fourth-order valence-electron chi connectivity index (χ4n) is 3.99. The van der Waals surface area contributed by atoms with E-state index in [0.29, 0.717) is 6.92 Å². The Morgan fingerprint density at radius 1 is 1.24 bits per heavy atom. The lowest BCUT2D eigenvalue weighted by molar-refractivity contribution is -0.147. The van der Waals surface area contributed by atoms with Crippen LogP contribution in [0.5, 0.6) is 0 Å². The second-order valence-corrected chi connectivity index (χ2v) is 13.6. The Bertz CT molecular complexity index is 1640. The van der Waals surface area contributed by atoms with Crippen molar-refractivity contribution in [1.29, 1.82) is 0 Å². The van der Waals surface area contributed by atoms with Gasteiger partial charge in [0.2, 0.25) is 15.9 Å². The number of nitrogens with one attached hydrogen (secondary N) is 1. The van der Waals surface area contributed by atoms with Crippen molar-refractivity contribution in [3.63, 3.8) is 0 Å². The molecule has 2 atom stereocenters. The Labute approximate surface area is 249 Å². The molecule has 0 spiro atoms. The van der Waals surface area contributed by atoms with Crippen LogP contribution in [0, 0.1) is 0 Å². The minimum Gasteiger partial charge on any atom is -0.415 e. The van der Waals surface area contributed by atoms with Gasteiger partial charge < -0.3 is 14.4 Å². The van der Waals surface area contributed by atoms with Gasteiger partial charge in [0, 0.05) is 18.0 Å². The lowest BCUT2D eigenvalue weighted by atomic mass is 10.1. The van der Waals surface area contributed by atoms with Crippen LogP contribution < -0.4 is 4.72 Å². The fourth-order valence-corrected chi connectivity index (χ4v) is 7.16. The number of halogens is 7. The van der Waals surface area contributed by atoms with Crippen LogP contribution in [0.25, 0.3) is 21.3 Å². The van der Waals surface area contributed by atoms with Crippen molar-refractivity contribution >= 4 is 50.5 Å². The maximum atomic E-state index is 14.1. The smallest absolute Gasteiger partial charge is 0.404 e.